The molecule has 0 fully saturated rings. The van der Waals surface area contributed by atoms with Crippen LogP contribution in [-0.2, 0) is 6.54 Å². The molecule has 4 heteroatoms. The average molecular weight is 329 g/mol. The number of nitrogens with one attached hydrogen (secondary N) is 1. The minimum atomic E-state index is -0.409. The molecule has 0 unspecified atom stereocenters. The molecule has 0 heterocycles. The minimum absolute atomic E-state index is 0.131. The molecule has 1 N–H and O–H groups in total. The summed E-state index contributed by atoms with van der Waals surface area (Å²) in [5.74, 6) is -0.409. The zero-order valence-electron chi connectivity index (χ0n) is 9.81. The normalized spacial score (nSPS) is 10.4. The molecule has 2 aromatic rings. The van der Waals surface area contributed by atoms with Gasteiger partial charge in [-0.2, -0.15) is 0 Å². The Labute approximate surface area is 119 Å². The Hall–Kier alpha value is -1.06. The van der Waals surface area contributed by atoms with Crippen molar-refractivity contribution in [3.8, 4) is 0 Å². The maximum Gasteiger partial charge on any atom is 0.164 e. The number of aryl methyl sites for hydroxylation is 1. The van der Waals surface area contributed by atoms with Gasteiger partial charge in [-0.05, 0) is 36.2 Å². The fourth-order valence-electron chi connectivity index (χ4n) is 1.65. The molecule has 0 aliphatic carbocycles. The summed E-state index contributed by atoms with van der Waals surface area (Å²) in [5.41, 5.74) is 2.67. The van der Waals surface area contributed by atoms with Gasteiger partial charge in [-0.3, -0.25) is 0 Å². The van der Waals surface area contributed by atoms with E-state index in [0.717, 1.165) is 15.6 Å². The van der Waals surface area contributed by atoms with Crippen molar-refractivity contribution in [2.24, 2.45) is 0 Å². The summed E-state index contributed by atoms with van der Waals surface area (Å²) in [4.78, 5) is 0. The van der Waals surface area contributed by atoms with Crippen molar-refractivity contribution in [2.75, 3.05) is 5.32 Å². The van der Waals surface area contributed by atoms with Crippen LogP contribution in [0.3, 0.4) is 0 Å². The molecule has 2 aromatic carbocycles. The summed E-state index contributed by atoms with van der Waals surface area (Å²) < 4.78 is 14.7. The van der Waals surface area contributed by atoms with E-state index in [2.05, 4.69) is 27.3 Å². The fourth-order valence-corrected chi connectivity index (χ4v) is 2.08. The quantitative estimate of drug-likeness (QED) is 0.820. The van der Waals surface area contributed by atoms with E-state index in [0.29, 0.717) is 12.2 Å². The second-order valence-electron chi connectivity index (χ2n) is 4.04. The van der Waals surface area contributed by atoms with E-state index in [1.165, 1.54) is 6.07 Å². The van der Waals surface area contributed by atoms with Gasteiger partial charge in [0.1, 0.15) is 0 Å². The van der Waals surface area contributed by atoms with Gasteiger partial charge in [0.15, 0.2) is 5.82 Å². The molecular formula is C14H12BrClFN. The molecule has 0 atom stereocenters. The lowest BCUT2D eigenvalue weighted by Crippen LogP contribution is -2.02. The van der Waals surface area contributed by atoms with Crippen LogP contribution in [-0.4, -0.2) is 0 Å². The number of halogens is 3. The first-order valence-electron chi connectivity index (χ1n) is 5.51. The lowest BCUT2D eigenvalue weighted by molar-refractivity contribution is 0.630. The molecule has 0 radical (unpaired) electrons. The summed E-state index contributed by atoms with van der Waals surface area (Å²) >= 11 is 9.17. The zero-order valence-corrected chi connectivity index (χ0v) is 12.1. The molecule has 0 aromatic heterocycles. The standard InChI is InChI=1S/C14H12BrClFN/c1-9-7-10(5-6-11(9)15)8-18-13-4-2-3-12(16)14(13)17/h2-7,18H,8H2,1H3. The Morgan fingerprint density at radius 2 is 2.06 bits per heavy atom. The molecule has 0 saturated carbocycles. The van der Waals surface area contributed by atoms with Crippen LogP contribution in [0.25, 0.3) is 0 Å². The van der Waals surface area contributed by atoms with Crippen LogP contribution in [0.5, 0.6) is 0 Å². The predicted molar refractivity (Wildman–Crippen MR) is 77.6 cm³/mol. The number of hydrogen-bond donors (Lipinski definition) is 1. The minimum Gasteiger partial charge on any atom is -0.379 e. The topological polar surface area (TPSA) is 12.0 Å². The Morgan fingerprint density at radius 1 is 1.28 bits per heavy atom. The Bertz CT molecular complexity index is 572. The zero-order chi connectivity index (χ0) is 13.1. The Morgan fingerprint density at radius 3 is 2.78 bits per heavy atom. The number of benzene rings is 2. The van der Waals surface area contributed by atoms with Gasteiger partial charge in [0, 0.05) is 11.0 Å². The summed E-state index contributed by atoms with van der Waals surface area (Å²) in [6.45, 7) is 2.58. The van der Waals surface area contributed by atoms with Gasteiger partial charge in [0.2, 0.25) is 0 Å². The number of hydrogen-bond acceptors (Lipinski definition) is 1. The lowest BCUT2D eigenvalue weighted by atomic mass is 10.1. The van der Waals surface area contributed by atoms with E-state index in [9.17, 15) is 4.39 Å². The number of rotatable bonds is 3. The molecule has 18 heavy (non-hydrogen) atoms. The van der Waals surface area contributed by atoms with Crippen molar-refractivity contribution in [3.63, 3.8) is 0 Å². The highest BCUT2D eigenvalue weighted by atomic mass is 79.9. The maximum atomic E-state index is 13.6. The first-order valence-corrected chi connectivity index (χ1v) is 6.68. The van der Waals surface area contributed by atoms with Gasteiger partial charge in [-0.15, -0.1) is 0 Å². The van der Waals surface area contributed by atoms with E-state index < -0.39 is 5.82 Å². The van der Waals surface area contributed by atoms with Gasteiger partial charge in [-0.25, -0.2) is 4.39 Å². The van der Waals surface area contributed by atoms with Crippen LogP contribution in [0.4, 0.5) is 10.1 Å². The van der Waals surface area contributed by atoms with Gasteiger partial charge >= 0.3 is 0 Å². The smallest absolute Gasteiger partial charge is 0.164 e. The fraction of sp³-hybridized carbons (Fsp3) is 0.143. The Kier molecular flexibility index (Phi) is 4.25. The van der Waals surface area contributed by atoms with Crippen molar-refractivity contribution in [1.82, 2.24) is 0 Å². The molecule has 0 spiro atoms. The van der Waals surface area contributed by atoms with Crippen LogP contribution in [0.1, 0.15) is 11.1 Å². The molecule has 0 aliphatic rings. The third-order valence-electron chi connectivity index (χ3n) is 2.66. The highest BCUT2D eigenvalue weighted by molar-refractivity contribution is 9.10. The van der Waals surface area contributed by atoms with Gasteiger partial charge in [-0.1, -0.05) is 45.7 Å². The second-order valence-corrected chi connectivity index (χ2v) is 5.30. The van der Waals surface area contributed by atoms with Crippen molar-refractivity contribution in [2.45, 2.75) is 13.5 Å². The van der Waals surface area contributed by atoms with Crippen LogP contribution in [0.2, 0.25) is 5.02 Å². The van der Waals surface area contributed by atoms with Crippen LogP contribution in [0, 0.1) is 12.7 Å². The molecule has 1 nitrogen and oxygen atoms in total. The van der Waals surface area contributed by atoms with E-state index in [1.807, 2.05) is 19.1 Å². The van der Waals surface area contributed by atoms with Crippen LogP contribution in [0.15, 0.2) is 40.9 Å². The predicted octanol–water partition coefficient (Wildman–Crippen LogP) is 5.16. The molecular weight excluding hydrogens is 317 g/mol. The third kappa shape index (κ3) is 3.03. The monoisotopic (exact) mass is 327 g/mol. The second kappa shape index (κ2) is 5.72. The van der Waals surface area contributed by atoms with Crippen molar-refractivity contribution in [3.05, 3.63) is 62.8 Å². The van der Waals surface area contributed by atoms with Gasteiger partial charge in [0.25, 0.3) is 0 Å². The molecule has 94 valence electrons. The highest BCUT2D eigenvalue weighted by Crippen LogP contribution is 2.23. The molecule has 0 aliphatic heterocycles. The van der Waals surface area contributed by atoms with Gasteiger partial charge in [0.05, 0.1) is 10.7 Å². The lowest BCUT2D eigenvalue weighted by Gasteiger charge is -2.09. The van der Waals surface area contributed by atoms with Gasteiger partial charge < -0.3 is 5.32 Å². The molecule has 0 bridgehead atoms. The Balaban J connectivity index is 2.11. The summed E-state index contributed by atoms with van der Waals surface area (Å²) in [5, 5.41) is 3.17. The first-order chi connectivity index (χ1) is 8.58. The largest absolute Gasteiger partial charge is 0.379 e. The van der Waals surface area contributed by atoms with Crippen LogP contribution >= 0.6 is 27.5 Å². The highest BCUT2D eigenvalue weighted by Gasteiger charge is 2.05. The molecule has 0 saturated heterocycles. The van der Waals surface area contributed by atoms with Crippen molar-refractivity contribution < 1.29 is 4.39 Å². The average Bonchev–Trinajstić information content (AvgIpc) is 2.35. The molecule has 0 amide bonds. The van der Waals surface area contributed by atoms with E-state index >= 15 is 0 Å². The van der Waals surface area contributed by atoms with E-state index in [1.54, 1.807) is 12.1 Å². The van der Waals surface area contributed by atoms with Crippen molar-refractivity contribution in [1.29, 1.82) is 0 Å². The summed E-state index contributed by atoms with van der Waals surface area (Å²) in [7, 11) is 0. The van der Waals surface area contributed by atoms with Crippen LogP contribution < -0.4 is 5.32 Å². The summed E-state index contributed by atoms with van der Waals surface area (Å²) in [6, 6.07) is 11.0. The van der Waals surface area contributed by atoms with Crippen molar-refractivity contribution >= 4 is 33.2 Å². The SMILES string of the molecule is Cc1cc(CNc2cccc(Cl)c2F)ccc1Br. The van der Waals surface area contributed by atoms with E-state index in [-0.39, 0.29) is 5.02 Å². The number of anilines is 1. The molecule has 2 rings (SSSR count). The third-order valence-corrected chi connectivity index (χ3v) is 3.84. The maximum absolute atomic E-state index is 13.6. The van der Waals surface area contributed by atoms with E-state index in [4.69, 9.17) is 11.6 Å². The first kappa shape index (κ1) is 13.4. The summed E-state index contributed by atoms with van der Waals surface area (Å²) in [6.07, 6.45) is 0.